The standard InChI is InChI=1S/C19H20N6O2/c26-18-6-5-16(15-2-1-7-20-8-15)22-25(18)11-13-9-24(10-13)12-17-21-19(27-23-17)14-3-4-14/h1-2,5-8,13-14H,3-4,9-12H2. The largest absolute Gasteiger partial charge is 0.339 e. The molecule has 8 heteroatoms. The summed E-state index contributed by atoms with van der Waals surface area (Å²) >= 11 is 0. The van der Waals surface area contributed by atoms with Gasteiger partial charge in [0.1, 0.15) is 0 Å². The van der Waals surface area contributed by atoms with Crippen LogP contribution in [0.4, 0.5) is 0 Å². The maximum Gasteiger partial charge on any atom is 0.266 e. The van der Waals surface area contributed by atoms with E-state index in [2.05, 4.69) is 25.1 Å². The number of rotatable bonds is 6. The molecule has 4 heterocycles. The Balaban J connectivity index is 1.20. The van der Waals surface area contributed by atoms with Crippen molar-refractivity contribution in [2.75, 3.05) is 13.1 Å². The molecule has 27 heavy (non-hydrogen) atoms. The van der Waals surface area contributed by atoms with Crippen LogP contribution in [0.1, 0.15) is 30.5 Å². The van der Waals surface area contributed by atoms with E-state index in [0.717, 1.165) is 48.9 Å². The third-order valence-corrected chi connectivity index (χ3v) is 5.06. The Labute approximate surface area is 155 Å². The lowest BCUT2D eigenvalue weighted by Crippen LogP contribution is -2.49. The normalized spacial score (nSPS) is 17.8. The molecule has 1 saturated heterocycles. The van der Waals surface area contributed by atoms with Gasteiger partial charge in [-0.2, -0.15) is 10.1 Å². The Morgan fingerprint density at radius 3 is 2.85 bits per heavy atom. The predicted octanol–water partition coefficient (Wildman–Crippen LogP) is 1.70. The lowest BCUT2D eigenvalue weighted by Gasteiger charge is -2.38. The maximum absolute atomic E-state index is 12.2. The van der Waals surface area contributed by atoms with E-state index in [1.165, 1.54) is 0 Å². The van der Waals surface area contributed by atoms with Crippen LogP contribution < -0.4 is 5.56 Å². The zero-order valence-corrected chi connectivity index (χ0v) is 14.9. The Bertz CT molecular complexity index is 989. The Morgan fingerprint density at radius 1 is 1.19 bits per heavy atom. The first-order valence-electron chi connectivity index (χ1n) is 9.28. The molecule has 0 unspecified atom stereocenters. The van der Waals surface area contributed by atoms with Gasteiger partial charge in [0.2, 0.25) is 5.89 Å². The van der Waals surface area contributed by atoms with Gasteiger partial charge in [0.15, 0.2) is 5.82 Å². The van der Waals surface area contributed by atoms with E-state index in [0.29, 0.717) is 24.9 Å². The van der Waals surface area contributed by atoms with Crippen molar-refractivity contribution in [1.82, 2.24) is 29.8 Å². The fourth-order valence-electron chi connectivity index (χ4n) is 3.44. The zero-order valence-electron chi connectivity index (χ0n) is 14.9. The van der Waals surface area contributed by atoms with Crippen molar-refractivity contribution < 1.29 is 4.52 Å². The van der Waals surface area contributed by atoms with Gasteiger partial charge in [-0.25, -0.2) is 4.68 Å². The monoisotopic (exact) mass is 364 g/mol. The summed E-state index contributed by atoms with van der Waals surface area (Å²) in [4.78, 5) is 23.0. The van der Waals surface area contributed by atoms with Crippen LogP contribution in [0.5, 0.6) is 0 Å². The summed E-state index contributed by atoms with van der Waals surface area (Å²) in [5, 5.41) is 8.58. The SMILES string of the molecule is O=c1ccc(-c2cccnc2)nn1CC1CN(Cc2noc(C3CC3)n2)C1. The molecule has 3 aromatic heterocycles. The maximum atomic E-state index is 12.2. The second-order valence-corrected chi connectivity index (χ2v) is 7.36. The molecule has 2 aliphatic rings. The molecule has 2 fully saturated rings. The number of nitrogens with zero attached hydrogens (tertiary/aromatic N) is 6. The molecule has 8 nitrogen and oxygen atoms in total. The molecule has 0 bridgehead atoms. The minimum Gasteiger partial charge on any atom is -0.339 e. The summed E-state index contributed by atoms with van der Waals surface area (Å²) in [5.74, 6) is 2.42. The molecular formula is C19H20N6O2. The van der Waals surface area contributed by atoms with Crippen molar-refractivity contribution in [3.63, 3.8) is 0 Å². The Morgan fingerprint density at radius 2 is 2.07 bits per heavy atom. The van der Waals surface area contributed by atoms with E-state index in [1.807, 2.05) is 12.1 Å². The summed E-state index contributed by atoms with van der Waals surface area (Å²) in [5.41, 5.74) is 1.59. The van der Waals surface area contributed by atoms with Gasteiger partial charge in [0, 0.05) is 48.9 Å². The van der Waals surface area contributed by atoms with Crippen molar-refractivity contribution in [2.24, 2.45) is 5.92 Å². The van der Waals surface area contributed by atoms with E-state index < -0.39 is 0 Å². The lowest BCUT2D eigenvalue weighted by atomic mass is 10.0. The molecule has 0 radical (unpaired) electrons. The van der Waals surface area contributed by atoms with Gasteiger partial charge in [-0.3, -0.25) is 14.7 Å². The smallest absolute Gasteiger partial charge is 0.266 e. The Hall–Kier alpha value is -2.87. The Kier molecular flexibility index (Phi) is 4.05. The number of hydrogen-bond donors (Lipinski definition) is 0. The molecule has 5 rings (SSSR count). The molecular weight excluding hydrogens is 344 g/mol. The number of likely N-dealkylation sites (tertiary alicyclic amines) is 1. The average Bonchev–Trinajstić information content (AvgIpc) is 3.41. The summed E-state index contributed by atoms with van der Waals surface area (Å²) in [6, 6.07) is 7.12. The van der Waals surface area contributed by atoms with Crippen LogP contribution in [-0.4, -0.2) is 42.9 Å². The molecule has 3 aromatic rings. The fraction of sp³-hybridized carbons (Fsp3) is 0.421. The molecule has 0 amide bonds. The third-order valence-electron chi connectivity index (χ3n) is 5.06. The topological polar surface area (TPSA) is 89.9 Å². The minimum atomic E-state index is -0.0756. The van der Waals surface area contributed by atoms with Crippen molar-refractivity contribution in [1.29, 1.82) is 0 Å². The number of hydrogen-bond acceptors (Lipinski definition) is 7. The highest BCUT2D eigenvalue weighted by atomic mass is 16.5. The van der Waals surface area contributed by atoms with Crippen LogP contribution in [0.3, 0.4) is 0 Å². The van der Waals surface area contributed by atoms with Crippen LogP contribution in [0.2, 0.25) is 0 Å². The number of aromatic nitrogens is 5. The average molecular weight is 364 g/mol. The van der Waals surface area contributed by atoms with Crippen LogP contribution >= 0.6 is 0 Å². The highest BCUT2D eigenvalue weighted by Crippen LogP contribution is 2.38. The molecule has 0 atom stereocenters. The molecule has 1 aliphatic carbocycles. The summed E-state index contributed by atoms with van der Waals surface area (Å²) in [6.07, 6.45) is 5.80. The van der Waals surface area contributed by atoms with Gasteiger partial charge in [-0.05, 0) is 31.0 Å². The second-order valence-electron chi connectivity index (χ2n) is 7.36. The van der Waals surface area contributed by atoms with E-state index in [4.69, 9.17) is 4.52 Å². The third kappa shape index (κ3) is 3.52. The summed E-state index contributed by atoms with van der Waals surface area (Å²) in [7, 11) is 0. The first-order chi connectivity index (χ1) is 13.2. The summed E-state index contributed by atoms with van der Waals surface area (Å²) < 4.78 is 6.86. The fourth-order valence-corrected chi connectivity index (χ4v) is 3.44. The quantitative estimate of drug-likeness (QED) is 0.657. The summed E-state index contributed by atoms with van der Waals surface area (Å²) in [6.45, 7) is 3.12. The van der Waals surface area contributed by atoms with Crippen LogP contribution in [0.15, 0.2) is 46.0 Å². The second kappa shape index (κ2) is 6.70. The molecule has 0 N–H and O–H groups in total. The van der Waals surface area contributed by atoms with Gasteiger partial charge in [-0.1, -0.05) is 5.16 Å². The van der Waals surface area contributed by atoms with E-state index >= 15 is 0 Å². The highest BCUT2D eigenvalue weighted by Gasteiger charge is 2.32. The molecule has 138 valence electrons. The van der Waals surface area contributed by atoms with E-state index in [1.54, 1.807) is 29.2 Å². The minimum absolute atomic E-state index is 0.0756. The van der Waals surface area contributed by atoms with Gasteiger partial charge in [0.25, 0.3) is 5.56 Å². The first-order valence-corrected chi connectivity index (χ1v) is 9.28. The molecule has 1 aliphatic heterocycles. The molecule has 1 saturated carbocycles. The predicted molar refractivity (Wildman–Crippen MR) is 96.8 cm³/mol. The van der Waals surface area contributed by atoms with E-state index in [9.17, 15) is 4.79 Å². The van der Waals surface area contributed by atoms with Crippen molar-refractivity contribution in [3.8, 4) is 11.3 Å². The van der Waals surface area contributed by atoms with E-state index in [-0.39, 0.29) is 5.56 Å². The lowest BCUT2D eigenvalue weighted by molar-refractivity contribution is 0.0733. The molecule has 0 aromatic carbocycles. The number of pyridine rings is 1. The van der Waals surface area contributed by atoms with Gasteiger partial charge >= 0.3 is 0 Å². The van der Waals surface area contributed by atoms with Crippen molar-refractivity contribution >= 4 is 0 Å². The van der Waals surface area contributed by atoms with Gasteiger partial charge in [-0.15, -0.1) is 0 Å². The van der Waals surface area contributed by atoms with Crippen molar-refractivity contribution in [2.45, 2.75) is 31.8 Å². The van der Waals surface area contributed by atoms with Crippen LogP contribution in [-0.2, 0) is 13.1 Å². The molecule has 0 spiro atoms. The highest BCUT2D eigenvalue weighted by molar-refractivity contribution is 5.56. The van der Waals surface area contributed by atoms with Gasteiger partial charge in [0.05, 0.1) is 18.8 Å². The zero-order chi connectivity index (χ0) is 18.2. The van der Waals surface area contributed by atoms with Gasteiger partial charge < -0.3 is 4.52 Å². The van der Waals surface area contributed by atoms with Crippen LogP contribution in [0.25, 0.3) is 11.3 Å². The van der Waals surface area contributed by atoms with Crippen molar-refractivity contribution in [3.05, 3.63) is 58.7 Å². The first kappa shape index (κ1) is 16.3. The van der Waals surface area contributed by atoms with Crippen LogP contribution in [0, 0.1) is 5.92 Å².